The van der Waals surface area contributed by atoms with Gasteiger partial charge in [-0.15, -0.1) is 0 Å². The second kappa shape index (κ2) is 8.17. The second-order valence-electron chi connectivity index (χ2n) is 10.9. The standard InChI is InChI=1S/C37H25N3/c1-2-11-24(12-3-1)35-37(39-33-17-9-8-16-32(33)38-35)40-34-21-26-20-25-13-5-6-14-27(25)30(26)22-31(34)29-19-18-23-10-4-7-15-28(23)36(29)40/h1-19,21-22,35,38H,20H2. The highest BCUT2D eigenvalue weighted by molar-refractivity contribution is 6.24. The number of para-hydroxylation sites is 2. The van der Waals surface area contributed by atoms with Crippen LogP contribution in [0.5, 0.6) is 0 Å². The molecule has 9 rings (SSSR count). The maximum atomic E-state index is 5.40. The number of rotatable bonds is 1. The highest BCUT2D eigenvalue weighted by Gasteiger charge is 2.30. The van der Waals surface area contributed by atoms with E-state index in [1.165, 1.54) is 60.4 Å². The van der Waals surface area contributed by atoms with Crippen LogP contribution in [0.4, 0.5) is 11.4 Å². The predicted octanol–water partition coefficient (Wildman–Crippen LogP) is 9.26. The summed E-state index contributed by atoms with van der Waals surface area (Å²) in [5.74, 6) is 0.997. The molecule has 0 spiro atoms. The number of benzene rings is 6. The molecule has 40 heavy (non-hydrogen) atoms. The van der Waals surface area contributed by atoms with E-state index in [-0.39, 0.29) is 6.04 Å². The minimum Gasteiger partial charge on any atom is -0.370 e. The van der Waals surface area contributed by atoms with E-state index in [4.69, 9.17) is 4.99 Å². The molecular weight excluding hydrogens is 486 g/mol. The Kier molecular flexibility index (Phi) is 4.44. The maximum absolute atomic E-state index is 5.40. The lowest BCUT2D eigenvalue weighted by atomic mass is 10.0. The van der Waals surface area contributed by atoms with Gasteiger partial charge >= 0.3 is 0 Å². The molecule has 0 bridgehead atoms. The highest BCUT2D eigenvalue weighted by Crippen LogP contribution is 2.44. The average Bonchev–Trinajstić information content (AvgIpc) is 3.54. The van der Waals surface area contributed by atoms with Crippen molar-refractivity contribution in [2.24, 2.45) is 4.99 Å². The first kappa shape index (κ1) is 21.7. The molecule has 3 heteroatoms. The first-order chi connectivity index (χ1) is 19.8. The Morgan fingerprint density at radius 1 is 0.625 bits per heavy atom. The number of anilines is 1. The van der Waals surface area contributed by atoms with Crippen molar-refractivity contribution in [1.82, 2.24) is 4.57 Å². The topological polar surface area (TPSA) is 29.3 Å². The minimum atomic E-state index is -0.0979. The molecule has 3 nitrogen and oxygen atoms in total. The van der Waals surface area contributed by atoms with Gasteiger partial charge in [0, 0.05) is 16.2 Å². The SMILES string of the molecule is c1ccc(C2Nc3ccccc3N=C2n2c3cc4c(cc3c3ccc5ccccc5c32)-c2ccccc2C4)cc1. The molecule has 2 aliphatic rings. The Morgan fingerprint density at radius 2 is 1.43 bits per heavy atom. The summed E-state index contributed by atoms with van der Waals surface area (Å²) >= 11 is 0. The van der Waals surface area contributed by atoms with E-state index >= 15 is 0 Å². The molecular formula is C37H25N3. The van der Waals surface area contributed by atoms with Gasteiger partial charge in [0.1, 0.15) is 11.9 Å². The summed E-state index contributed by atoms with van der Waals surface area (Å²) in [6.07, 6.45) is 0.958. The normalized spacial score (nSPS) is 15.5. The van der Waals surface area contributed by atoms with Gasteiger partial charge in [-0.3, -0.25) is 4.57 Å². The first-order valence-corrected chi connectivity index (χ1v) is 13.9. The minimum absolute atomic E-state index is 0.0979. The second-order valence-corrected chi connectivity index (χ2v) is 10.9. The summed E-state index contributed by atoms with van der Waals surface area (Å²) in [7, 11) is 0. The third kappa shape index (κ3) is 3.03. The van der Waals surface area contributed by atoms with Crippen molar-refractivity contribution in [2.45, 2.75) is 12.5 Å². The van der Waals surface area contributed by atoms with Crippen LogP contribution in [0.15, 0.2) is 132 Å². The van der Waals surface area contributed by atoms with Crippen LogP contribution in [0, 0.1) is 0 Å². The van der Waals surface area contributed by atoms with Crippen molar-refractivity contribution in [2.75, 3.05) is 5.32 Å². The zero-order chi connectivity index (χ0) is 26.2. The Morgan fingerprint density at radius 3 is 2.38 bits per heavy atom. The number of nitrogens with one attached hydrogen (secondary N) is 1. The monoisotopic (exact) mass is 511 g/mol. The van der Waals surface area contributed by atoms with E-state index in [0.29, 0.717) is 0 Å². The van der Waals surface area contributed by atoms with E-state index in [1.807, 2.05) is 0 Å². The van der Waals surface area contributed by atoms with E-state index in [0.717, 1.165) is 23.6 Å². The van der Waals surface area contributed by atoms with Crippen molar-refractivity contribution >= 4 is 49.8 Å². The molecule has 1 aromatic heterocycles. The van der Waals surface area contributed by atoms with Gasteiger partial charge in [-0.05, 0) is 63.9 Å². The molecule has 188 valence electrons. The molecule has 0 saturated heterocycles. The van der Waals surface area contributed by atoms with Crippen LogP contribution in [0.25, 0.3) is 43.7 Å². The van der Waals surface area contributed by atoms with Crippen molar-refractivity contribution in [1.29, 1.82) is 0 Å². The molecule has 2 heterocycles. The van der Waals surface area contributed by atoms with Crippen LogP contribution in [0.2, 0.25) is 0 Å². The van der Waals surface area contributed by atoms with Crippen molar-refractivity contribution < 1.29 is 0 Å². The summed E-state index contributed by atoms with van der Waals surface area (Å²) < 4.78 is 2.44. The molecule has 0 amide bonds. The molecule has 0 fully saturated rings. The number of nitrogens with zero attached hydrogens (tertiary/aromatic N) is 2. The Hall–Kier alpha value is -5.15. The molecule has 1 N–H and O–H groups in total. The number of fused-ring (bicyclic) bond motifs is 9. The van der Waals surface area contributed by atoms with Gasteiger partial charge in [-0.2, -0.15) is 0 Å². The highest BCUT2D eigenvalue weighted by atomic mass is 15.2. The van der Waals surface area contributed by atoms with Gasteiger partial charge < -0.3 is 5.32 Å². The number of aliphatic imine (C=N–C) groups is 1. The van der Waals surface area contributed by atoms with Crippen LogP contribution in [-0.2, 0) is 6.42 Å². The van der Waals surface area contributed by atoms with Crippen LogP contribution in [0.3, 0.4) is 0 Å². The third-order valence-corrected chi connectivity index (χ3v) is 8.62. The Bertz CT molecular complexity index is 2170. The van der Waals surface area contributed by atoms with Gasteiger partial charge in [0.05, 0.1) is 22.4 Å². The molecule has 7 aromatic rings. The number of hydrogen-bond acceptors (Lipinski definition) is 2. The van der Waals surface area contributed by atoms with Crippen molar-refractivity contribution in [3.05, 3.63) is 144 Å². The van der Waals surface area contributed by atoms with E-state index < -0.39 is 0 Å². The molecule has 6 aromatic carbocycles. The molecule has 1 aliphatic carbocycles. The van der Waals surface area contributed by atoms with E-state index in [1.54, 1.807) is 0 Å². The quantitative estimate of drug-likeness (QED) is 0.234. The fraction of sp³-hybridized carbons (Fsp3) is 0.0541. The van der Waals surface area contributed by atoms with Crippen molar-refractivity contribution in [3.8, 4) is 11.1 Å². The summed E-state index contributed by atoms with van der Waals surface area (Å²) in [4.78, 5) is 5.40. The lowest BCUT2D eigenvalue weighted by Crippen LogP contribution is -2.29. The predicted molar refractivity (Wildman–Crippen MR) is 167 cm³/mol. The largest absolute Gasteiger partial charge is 0.370 e. The summed E-state index contributed by atoms with van der Waals surface area (Å²) in [5.41, 5.74) is 11.1. The molecule has 0 radical (unpaired) electrons. The molecule has 1 unspecified atom stereocenters. The number of aromatic nitrogens is 1. The van der Waals surface area contributed by atoms with Gasteiger partial charge in [0.25, 0.3) is 0 Å². The van der Waals surface area contributed by atoms with Crippen LogP contribution >= 0.6 is 0 Å². The third-order valence-electron chi connectivity index (χ3n) is 8.62. The molecule has 0 saturated carbocycles. The lowest BCUT2D eigenvalue weighted by Gasteiger charge is -2.29. The van der Waals surface area contributed by atoms with Gasteiger partial charge in [-0.1, -0.05) is 103 Å². The first-order valence-electron chi connectivity index (χ1n) is 13.9. The zero-order valence-electron chi connectivity index (χ0n) is 21.8. The maximum Gasteiger partial charge on any atom is 0.141 e. The van der Waals surface area contributed by atoms with E-state index in [9.17, 15) is 0 Å². The Labute approximate surface area is 232 Å². The van der Waals surface area contributed by atoms with Crippen LogP contribution in [-0.4, -0.2) is 10.4 Å². The molecule has 1 atom stereocenters. The van der Waals surface area contributed by atoms with Crippen LogP contribution < -0.4 is 5.32 Å². The number of hydrogen-bond donors (Lipinski definition) is 1. The smallest absolute Gasteiger partial charge is 0.141 e. The van der Waals surface area contributed by atoms with Gasteiger partial charge in [-0.25, -0.2) is 4.99 Å². The summed E-state index contributed by atoms with van der Waals surface area (Å²) in [6, 6.07) is 45.9. The lowest BCUT2D eigenvalue weighted by molar-refractivity contribution is 0.963. The van der Waals surface area contributed by atoms with Crippen LogP contribution in [0.1, 0.15) is 22.7 Å². The molecule has 1 aliphatic heterocycles. The van der Waals surface area contributed by atoms with Gasteiger partial charge in [0.2, 0.25) is 0 Å². The Balaban J connectivity index is 1.43. The summed E-state index contributed by atoms with van der Waals surface area (Å²) in [5, 5.41) is 8.85. The fourth-order valence-electron chi connectivity index (χ4n) is 6.80. The average molecular weight is 512 g/mol. The fourth-order valence-corrected chi connectivity index (χ4v) is 6.80. The van der Waals surface area contributed by atoms with Crippen molar-refractivity contribution in [3.63, 3.8) is 0 Å². The zero-order valence-corrected chi connectivity index (χ0v) is 21.8. The van der Waals surface area contributed by atoms with Gasteiger partial charge in [0.15, 0.2) is 0 Å². The van der Waals surface area contributed by atoms with E-state index in [2.05, 4.69) is 137 Å². The summed E-state index contributed by atoms with van der Waals surface area (Å²) in [6.45, 7) is 0.